The zero-order valence-electron chi connectivity index (χ0n) is 21.5. The van der Waals surface area contributed by atoms with Crippen LogP contribution in [0.3, 0.4) is 0 Å². The number of benzene rings is 2. The smallest absolute Gasteiger partial charge is 0.261 e. The molecule has 1 aliphatic rings. The molecule has 1 aliphatic heterocycles. The number of pyridine rings is 2. The summed E-state index contributed by atoms with van der Waals surface area (Å²) in [7, 11) is 0. The van der Waals surface area contributed by atoms with E-state index in [-0.39, 0.29) is 5.56 Å². The van der Waals surface area contributed by atoms with Crippen molar-refractivity contribution in [2.24, 2.45) is 0 Å². The lowest BCUT2D eigenvalue weighted by Gasteiger charge is -2.29. The van der Waals surface area contributed by atoms with E-state index in [4.69, 9.17) is 9.72 Å². The zero-order chi connectivity index (χ0) is 25.7. The lowest BCUT2D eigenvalue weighted by atomic mass is 9.97. The number of ether oxygens (including phenoxy) is 1. The van der Waals surface area contributed by atoms with Gasteiger partial charge in [0.2, 0.25) is 0 Å². The van der Waals surface area contributed by atoms with Crippen LogP contribution in [0.4, 0.5) is 10.1 Å². The quantitative estimate of drug-likeness (QED) is 0.279. The monoisotopic (exact) mass is 498 g/mol. The van der Waals surface area contributed by atoms with Crippen molar-refractivity contribution in [2.75, 3.05) is 24.6 Å². The van der Waals surface area contributed by atoms with E-state index in [9.17, 15) is 9.18 Å². The largest absolute Gasteiger partial charge is 0.494 e. The molecule has 0 amide bonds. The topological polar surface area (TPSA) is 63.1 Å². The summed E-state index contributed by atoms with van der Waals surface area (Å²) in [6, 6.07) is 11.0. The van der Waals surface area contributed by atoms with E-state index >= 15 is 0 Å². The molecule has 190 valence electrons. The molecule has 3 aromatic heterocycles. The molecule has 0 bridgehead atoms. The van der Waals surface area contributed by atoms with Crippen LogP contribution in [0.5, 0.6) is 5.75 Å². The van der Waals surface area contributed by atoms with E-state index in [1.807, 2.05) is 31.5 Å². The molecule has 1 N–H and O–H groups in total. The highest BCUT2D eigenvalue weighted by Gasteiger charge is 2.22. The molecule has 4 heterocycles. The minimum Gasteiger partial charge on any atom is -0.494 e. The molecule has 1 saturated heterocycles. The predicted octanol–water partition coefficient (Wildman–Crippen LogP) is 6.55. The van der Waals surface area contributed by atoms with Crippen LogP contribution < -0.4 is 15.2 Å². The van der Waals surface area contributed by atoms with Gasteiger partial charge in [-0.2, -0.15) is 0 Å². The Balaban J connectivity index is 1.73. The van der Waals surface area contributed by atoms with Crippen molar-refractivity contribution in [3.05, 3.63) is 64.3 Å². The van der Waals surface area contributed by atoms with Gasteiger partial charge in [-0.25, -0.2) is 9.37 Å². The van der Waals surface area contributed by atoms with Crippen molar-refractivity contribution in [3.63, 3.8) is 0 Å². The molecule has 5 aromatic rings. The Hall–Kier alpha value is -3.87. The highest BCUT2D eigenvalue weighted by molar-refractivity contribution is 6.22. The van der Waals surface area contributed by atoms with Crippen LogP contribution in [0.15, 0.2) is 47.4 Å². The molecule has 0 atom stereocenters. The lowest BCUT2D eigenvalue weighted by molar-refractivity contribution is 0.338. The Morgan fingerprint density at radius 1 is 1.03 bits per heavy atom. The number of anilines is 1. The zero-order valence-corrected chi connectivity index (χ0v) is 21.5. The predicted molar refractivity (Wildman–Crippen MR) is 148 cm³/mol. The van der Waals surface area contributed by atoms with E-state index < -0.39 is 5.82 Å². The second-order valence-electron chi connectivity index (χ2n) is 9.81. The van der Waals surface area contributed by atoms with Crippen molar-refractivity contribution >= 4 is 38.4 Å². The number of piperidine rings is 1. The van der Waals surface area contributed by atoms with E-state index in [2.05, 4.69) is 28.1 Å². The number of aryl methyl sites for hydroxylation is 2. The normalized spacial score (nSPS) is 14.2. The van der Waals surface area contributed by atoms with E-state index in [1.54, 1.807) is 6.07 Å². The Kier molecular flexibility index (Phi) is 5.86. The molecule has 0 unspecified atom stereocenters. The van der Waals surface area contributed by atoms with Gasteiger partial charge in [0.25, 0.3) is 5.56 Å². The van der Waals surface area contributed by atoms with Crippen LogP contribution in [-0.4, -0.2) is 34.2 Å². The van der Waals surface area contributed by atoms with Crippen LogP contribution in [0.1, 0.15) is 38.7 Å². The molecule has 1 fully saturated rings. The summed E-state index contributed by atoms with van der Waals surface area (Å²) in [4.78, 5) is 24.8. The van der Waals surface area contributed by atoms with Gasteiger partial charge in [0.05, 0.1) is 23.2 Å². The van der Waals surface area contributed by atoms with Gasteiger partial charge in [-0.15, -0.1) is 0 Å². The molecule has 0 aliphatic carbocycles. The van der Waals surface area contributed by atoms with Crippen LogP contribution in [0.25, 0.3) is 44.0 Å². The Labute approximate surface area is 214 Å². The average molecular weight is 499 g/mol. The summed E-state index contributed by atoms with van der Waals surface area (Å²) in [6.07, 6.45) is 5.55. The summed E-state index contributed by atoms with van der Waals surface area (Å²) in [5.74, 6) is -0.0144. The van der Waals surface area contributed by atoms with Crippen molar-refractivity contribution < 1.29 is 9.13 Å². The molecule has 2 aromatic carbocycles. The molecule has 6 rings (SSSR count). The Morgan fingerprint density at radius 3 is 2.59 bits per heavy atom. The summed E-state index contributed by atoms with van der Waals surface area (Å²) >= 11 is 0. The molecule has 0 spiro atoms. The maximum absolute atomic E-state index is 14.7. The molecule has 7 heteroatoms. The number of fused-ring (bicyclic) bond motifs is 5. The van der Waals surface area contributed by atoms with Crippen molar-refractivity contribution in [2.45, 2.75) is 46.6 Å². The van der Waals surface area contributed by atoms with Gasteiger partial charge in [-0.05, 0) is 69.9 Å². The second kappa shape index (κ2) is 9.21. The van der Waals surface area contributed by atoms with Crippen LogP contribution >= 0.6 is 0 Å². The third-order valence-electron chi connectivity index (χ3n) is 7.51. The fourth-order valence-electron chi connectivity index (χ4n) is 5.82. The van der Waals surface area contributed by atoms with Gasteiger partial charge >= 0.3 is 0 Å². The van der Waals surface area contributed by atoms with Crippen molar-refractivity contribution in [1.82, 2.24) is 14.5 Å². The van der Waals surface area contributed by atoms with Gasteiger partial charge in [-0.1, -0.05) is 6.07 Å². The number of hydrogen-bond acceptors (Lipinski definition) is 4. The number of nitrogens with one attached hydrogen (secondary N) is 1. The summed E-state index contributed by atoms with van der Waals surface area (Å²) in [5.41, 5.74) is 4.62. The third kappa shape index (κ3) is 3.84. The number of aromatic nitrogens is 3. The van der Waals surface area contributed by atoms with E-state index in [0.29, 0.717) is 41.2 Å². The maximum atomic E-state index is 14.7. The second-order valence-corrected chi connectivity index (χ2v) is 9.81. The minimum atomic E-state index is -0.429. The molecular formula is C30H31FN4O2. The minimum absolute atomic E-state index is 0.118. The molecule has 37 heavy (non-hydrogen) atoms. The number of hydrogen-bond donors (Lipinski definition) is 1. The third-order valence-corrected chi connectivity index (χ3v) is 7.51. The van der Waals surface area contributed by atoms with Gasteiger partial charge < -0.3 is 19.2 Å². The Bertz CT molecular complexity index is 1710. The first kappa shape index (κ1) is 23.5. The van der Waals surface area contributed by atoms with Gasteiger partial charge in [0, 0.05) is 59.3 Å². The van der Waals surface area contributed by atoms with Crippen molar-refractivity contribution in [1.29, 1.82) is 0 Å². The van der Waals surface area contributed by atoms with E-state index in [0.717, 1.165) is 46.0 Å². The van der Waals surface area contributed by atoms with Crippen LogP contribution in [0, 0.1) is 12.7 Å². The first-order valence-electron chi connectivity index (χ1n) is 13.2. The Morgan fingerprint density at radius 2 is 1.84 bits per heavy atom. The fraction of sp³-hybridized carbons (Fsp3) is 0.333. The van der Waals surface area contributed by atoms with Crippen LogP contribution in [-0.2, 0) is 6.54 Å². The van der Waals surface area contributed by atoms with Crippen LogP contribution in [0.2, 0.25) is 0 Å². The summed E-state index contributed by atoms with van der Waals surface area (Å²) < 4.78 is 22.1. The summed E-state index contributed by atoms with van der Waals surface area (Å²) in [6.45, 7) is 8.87. The number of aromatic amines is 1. The average Bonchev–Trinajstić information content (AvgIpc) is 3.28. The SMILES string of the molecule is CCOc1cc(F)cc(-c2nc3[nH]cc(C)c3c3c2c(=O)n(CC)c2cc(N4CCCCC4)ccc32)c1. The fourth-order valence-corrected chi connectivity index (χ4v) is 5.82. The maximum Gasteiger partial charge on any atom is 0.261 e. The van der Waals surface area contributed by atoms with Gasteiger partial charge in [0.1, 0.15) is 17.2 Å². The molecule has 0 radical (unpaired) electrons. The van der Waals surface area contributed by atoms with E-state index in [1.165, 1.54) is 31.4 Å². The van der Waals surface area contributed by atoms with Gasteiger partial charge in [0.15, 0.2) is 0 Å². The number of halogens is 1. The molecule has 6 nitrogen and oxygen atoms in total. The van der Waals surface area contributed by atoms with Gasteiger partial charge in [-0.3, -0.25) is 4.79 Å². The standard InChI is InChI=1S/C30H31FN4O2/c1-4-35-24-16-21(34-11-7-6-8-12-34)9-10-23(24)26-25-18(3)17-32-29(25)33-28(27(26)30(35)36)19-13-20(31)15-22(14-19)37-5-2/h9-10,13-17H,4-8,11-12H2,1-3H3,(H,32,33). The number of rotatable bonds is 5. The first-order chi connectivity index (χ1) is 18.0. The highest BCUT2D eigenvalue weighted by Crippen LogP contribution is 2.38. The van der Waals surface area contributed by atoms with Crippen molar-refractivity contribution in [3.8, 4) is 17.0 Å². The molecular weight excluding hydrogens is 467 g/mol. The number of H-pyrrole nitrogens is 1. The highest BCUT2D eigenvalue weighted by atomic mass is 19.1. The number of nitrogens with zero attached hydrogens (tertiary/aromatic N) is 3. The molecule has 0 saturated carbocycles. The first-order valence-corrected chi connectivity index (χ1v) is 13.2. The lowest BCUT2D eigenvalue weighted by Crippen LogP contribution is -2.29. The summed E-state index contributed by atoms with van der Waals surface area (Å²) in [5, 5.41) is 3.28.